The van der Waals surface area contributed by atoms with Crippen molar-refractivity contribution in [1.82, 2.24) is 25.9 Å². The van der Waals surface area contributed by atoms with Gasteiger partial charge in [-0.15, -0.1) is 0 Å². The molecule has 0 aromatic heterocycles. The number of hydrogen-bond acceptors (Lipinski definition) is 11. The number of nitrogens with zero attached hydrogens (tertiary/aromatic N) is 3. The van der Waals surface area contributed by atoms with Crippen LogP contribution in [0, 0.1) is 17.5 Å². The van der Waals surface area contributed by atoms with E-state index >= 15 is 4.39 Å². The van der Waals surface area contributed by atoms with E-state index in [0.717, 1.165) is 54.3 Å². The Labute approximate surface area is 375 Å². The lowest BCUT2D eigenvalue weighted by Crippen LogP contribution is -2.52. The number of likely N-dealkylation sites (tertiary alicyclic amines) is 1. The molecule has 0 bridgehead atoms. The normalized spacial score (nSPS) is 20.8. The smallest absolute Gasteiger partial charge is 0.254 e. The van der Waals surface area contributed by atoms with Crippen LogP contribution in [-0.2, 0) is 25.5 Å². The number of ether oxygens (including phenoxy) is 1. The highest BCUT2D eigenvalue weighted by Gasteiger charge is 2.31. The fraction of sp³-hybridized carbons (Fsp3) is 0.417. The third-order valence-electron chi connectivity index (χ3n) is 13.2. The maximum absolute atomic E-state index is 15.3. The summed E-state index contributed by atoms with van der Waals surface area (Å²) < 4.78 is 48.7. The minimum absolute atomic E-state index is 0.0209. The zero-order valence-electron chi connectivity index (χ0n) is 36.1. The molecule has 6 N–H and O–H groups in total. The number of hydrogen-bond donors (Lipinski definition) is 6. The first-order chi connectivity index (χ1) is 31.5. The highest BCUT2D eigenvalue weighted by atomic mass is 19.1. The number of nitrogens with one attached hydrogen (secondary N) is 6. The zero-order valence-corrected chi connectivity index (χ0v) is 36.1. The van der Waals surface area contributed by atoms with Crippen molar-refractivity contribution in [2.24, 2.45) is 0 Å². The summed E-state index contributed by atoms with van der Waals surface area (Å²) >= 11 is 0. The van der Waals surface area contributed by atoms with Gasteiger partial charge in [0.05, 0.1) is 17.8 Å². The number of imide groups is 1. The van der Waals surface area contributed by atoms with Crippen LogP contribution in [0.4, 0.5) is 35.9 Å². The predicted octanol–water partition coefficient (Wildman–Crippen LogP) is 5.39. The average Bonchev–Trinajstić information content (AvgIpc) is 3.69. The van der Waals surface area contributed by atoms with E-state index < -0.39 is 29.7 Å². The Hall–Kier alpha value is -6.17. The SMILES string of the molecule is O=C1CCC(Nc2ccc(C3CCN(CC(=O)N4CCN(c5ccc(C(=O)NC6NNc7ccc(Cc8cc(F)cc(F)c8)cc76)c(NC6CCOCC6)c5)CC4)CC3)c(F)c2)C(=O)N1. The fourth-order valence-electron chi connectivity index (χ4n) is 9.57. The largest absolute Gasteiger partial charge is 0.381 e. The molecule has 4 fully saturated rings. The van der Waals surface area contributed by atoms with E-state index in [4.69, 9.17) is 4.74 Å². The number of piperidine rings is 2. The lowest BCUT2D eigenvalue weighted by atomic mass is 9.89. The van der Waals surface area contributed by atoms with Crippen molar-refractivity contribution < 1.29 is 37.1 Å². The second-order valence-corrected chi connectivity index (χ2v) is 17.6. The van der Waals surface area contributed by atoms with E-state index in [9.17, 15) is 28.0 Å². The number of hydrazine groups is 1. The molecule has 2 atom stereocenters. The number of halogens is 3. The van der Waals surface area contributed by atoms with Crippen molar-refractivity contribution in [1.29, 1.82) is 0 Å². The molecule has 4 saturated heterocycles. The molecule has 2 unspecified atom stereocenters. The summed E-state index contributed by atoms with van der Waals surface area (Å²) in [7, 11) is 0. The number of benzene rings is 4. The molecule has 65 heavy (non-hydrogen) atoms. The molecule has 17 heteroatoms. The van der Waals surface area contributed by atoms with E-state index in [1.54, 1.807) is 12.1 Å². The molecule has 4 amide bonds. The van der Waals surface area contributed by atoms with Crippen molar-refractivity contribution >= 4 is 46.4 Å². The molecule has 5 heterocycles. The van der Waals surface area contributed by atoms with Gasteiger partial charge in [-0.3, -0.25) is 29.4 Å². The van der Waals surface area contributed by atoms with Crippen LogP contribution in [-0.4, -0.2) is 105 Å². The van der Waals surface area contributed by atoms with Crippen LogP contribution < -0.4 is 37.0 Å². The molecule has 5 aliphatic rings. The lowest BCUT2D eigenvalue weighted by Gasteiger charge is -2.38. The maximum atomic E-state index is 15.3. The Morgan fingerprint density at radius 1 is 0.754 bits per heavy atom. The predicted molar refractivity (Wildman–Crippen MR) is 240 cm³/mol. The topological polar surface area (TPSA) is 159 Å². The van der Waals surface area contributed by atoms with Gasteiger partial charge < -0.3 is 35.9 Å². The average molecular weight is 894 g/mol. The van der Waals surface area contributed by atoms with Crippen LogP contribution in [0.25, 0.3) is 0 Å². The molecule has 5 aliphatic heterocycles. The Morgan fingerprint density at radius 3 is 2.26 bits per heavy atom. The molecular formula is C48H54F3N9O5. The van der Waals surface area contributed by atoms with Gasteiger partial charge in [0, 0.05) is 80.5 Å². The second kappa shape index (κ2) is 19.5. The first kappa shape index (κ1) is 44.1. The first-order valence-corrected chi connectivity index (χ1v) is 22.5. The molecule has 14 nitrogen and oxygen atoms in total. The molecule has 342 valence electrons. The summed E-state index contributed by atoms with van der Waals surface area (Å²) in [5, 5.41) is 12.1. The van der Waals surface area contributed by atoms with Crippen LogP contribution in [0.3, 0.4) is 0 Å². The van der Waals surface area contributed by atoms with E-state index in [0.29, 0.717) is 99.9 Å². The van der Waals surface area contributed by atoms with Gasteiger partial charge in [-0.2, -0.15) is 0 Å². The monoisotopic (exact) mass is 893 g/mol. The van der Waals surface area contributed by atoms with Crippen molar-refractivity contribution in [2.75, 3.05) is 80.0 Å². The third-order valence-corrected chi connectivity index (χ3v) is 13.2. The van der Waals surface area contributed by atoms with Crippen LogP contribution >= 0.6 is 0 Å². The van der Waals surface area contributed by atoms with Gasteiger partial charge in [0.2, 0.25) is 17.7 Å². The minimum atomic E-state index is -0.631. The molecule has 4 aromatic rings. The van der Waals surface area contributed by atoms with E-state index in [1.165, 1.54) is 18.2 Å². The third kappa shape index (κ3) is 10.5. The number of rotatable bonds is 12. The van der Waals surface area contributed by atoms with Gasteiger partial charge >= 0.3 is 0 Å². The molecule has 0 radical (unpaired) electrons. The first-order valence-electron chi connectivity index (χ1n) is 22.5. The Bertz CT molecular complexity index is 2410. The highest BCUT2D eigenvalue weighted by molar-refractivity contribution is 6.02. The highest BCUT2D eigenvalue weighted by Crippen LogP contribution is 2.33. The molecule has 0 aliphatic carbocycles. The lowest BCUT2D eigenvalue weighted by molar-refractivity contribution is -0.134. The summed E-state index contributed by atoms with van der Waals surface area (Å²) in [6, 6.07) is 19.5. The van der Waals surface area contributed by atoms with E-state index in [-0.39, 0.29) is 41.9 Å². The van der Waals surface area contributed by atoms with Crippen LogP contribution in [0.1, 0.15) is 83.2 Å². The number of fused-ring (bicyclic) bond motifs is 1. The van der Waals surface area contributed by atoms with Crippen molar-refractivity contribution in [3.63, 3.8) is 0 Å². The number of carbonyl (C=O) groups is 4. The van der Waals surface area contributed by atoms with Gasteiger partial charge in [-0.1, -0.05) is 12.1 Å². The summed E-state index contributed by atoms with van der Waals surface area (Å²) in [6.07, 6.45) is 3.41. The Balaban J connectivity index is 0.787. The van der Waals surface area contributed by atoms with E-state index in [2.05, 4.69) is 41.9 Å². The fourth-order valence-corrected chi connectivity index (χ4v) is 9.57. The van der Waals surface area contributed by atoms with Gasteiger partial charge in [0.25, 0.3) is 5.91 Å². The number of anilines is 4. The number of piperazine rings is 1. The second-order valence-electron chi connectivity index (χ2n) is 17.6. The maximum Gasteiger partial charge on any atom is 0.254 e. The molecule has 0 spiro atoms. The minimum Gasteiger partial charge on any atom is -0.381 e. The summed E-state index contributed by atoms with van der Waals surface area (Å²) in [5.41, 5.74) is 12.5. The van der Waals surface area contributed by atoms with Gasteiger partial charge in [0.15, 0.2) is 0 Å². The van der Waals surface area contributed by atoms with Crippen LogP contribution in [0.5, 0.6) is 0 Å². The van der Waals surface area contributed by atoms with Crippen LogP contribution in [0.2, 0.25) is 0 Å². The van der Waals surface area contributed by atoms with Crippen LogP contribution in [0.15, 0.2) is 72.8 Å². The summed E-state index contributed by atoms with van der Waals surface area (Å²) in [5.74, 6) is -2.49. The summed E-state index contributed by atoms with van der Waals surface area (Å²) in [4.78, 5) is 57.5. The standard InChI is InChI=1S/C48H54F3N9O5/c49-32-22-30(23-33(50)25-32)21-29-1-6-41-39(24-29)46(57-56-41)55-47(63)38-5-3-36(27-43(38)52-34-11-19-65-20-12-34)59-15-17-60(18-16-59)45(62)28-58-13-9-31(10-14-58)37-4-2-35(26-40(37)51)53-42-7-8-44(61)54-48(42)64/h1-6,22-27,31,34,42,46,52-53,56-57H,7-21,28H2,(H,55,63)(H,54,61,64). The van der Waals surface area contributed by atoms with Crippen molar-refractivity contribution in [2.45, 2.75) is 69.1 Å². The Morgan fingerprint density at radius 2 is 1.52 bits per heavy atom. The Kier molecular flexibility index (Phi) is 13.2. The summed E-state index contributed by atoms with van der Waals surface area (Å²) in [6.45, 7) is 5.28. The van der Waals surface area contributed by atoms with Crippen molar-refractivity contribution in [3.05, 3.63) is 118 Å². The number of carbonyl (C=O) groups excluding carboxylic acids is 4. The van der Waals surface area contributed by atoms with Gasteiger partial charge in [-0.25, -0.2) is 18.6 Å². The van der Waals surface area contributed by atoms with Gasteiger partial charge in [0.1, 0.15) is 29.7 Å². The molecule has 9 rings (SSSR count). The molecular weight excluding hydrogens is 840 g/mol. The molecule has 0 saturated carbocycles. The molecule has 4 aromatic carbocycles. The zero-order chi connectivity index (χ0) is 45.0. The van der Waals surface area contributed by atoms with E-state index in [1.807, 2.05) is 41.3 Å². The number of amides is 4. The van der Waals surface area contributed by atoms with Crippen molar-refractivity contribution in [3.8, 4) is 0 Å². The van der Waals surface area contributed by atoms with Gasteiger partial charge in [-0.05, 0) is 129 Å². The quantitative estimate of drug-likeness (QED) is 0.101.